The first kappa shape index (κ1) is 16.5. The smallest absolute Gasteiger partial charge is 0.335 e. The third-order valence-electron chi connectivity index (χ3n) is 2.52. The number of nitrogens with one attached hydrogen (secondary N) is 2. The maximum atomic E-state index is 11.6. The summed E-state index contributed by atoms with van der Waals surface area (Å²) in [6.07, 6.45) is 0.712. The normalized spacial score (nSPS) is 9.76. The molecule has 7 nitrogen and oxygen atoms in total. The lowest BCUT2D eigenvalue weighted by molar-refractivity contribution is -0.143. The van der Waals surface area contributed by atoms with Gasteiger partial charge in [0.2, 0.25) is 0 Å². The van der Waals surface area contributed by atoms with E-state index in [4.69, 9.17) is 9.84 Å². The molecular formula is C14H18N2O5. The molecule has 0 saturated heterocycles. The van der Waals surface area contributed by atoms with E-state index < -0.39 is 12.0 Å². The van der Waals surface area contributed by atoms with Crippen molar-refractivity contribution in [2.24, 2.45) is 0 Å². The van der Waals surface area contributed by atoms with E-state index in [2.05, 4.69) is 10.6 Å². The Hall–Kier alpha value is -2.57. The standard InChI is InChI=1S/C14H18N2O5/c1-2-21-12(17)7-4-8-15-14(20)16-11-6-3-5-10(9-11)13(18)19/h3,5-6,9H,2,4,7-8H2,1H3,(H,18,19)(H2,15,16,20). The molecule has 1 rings (SSSR count). The number of carbonyl (C=O) groups is 3. The molecule has 0 spiro atoms. The maximum absolute atomic E-state index is 11.6. The molecule has 0 fully saturated rings. The van der Waals surface area contributed by atoms with E-state index in [1.54, 1.807) is 19.1 Å². The van der Waals surface area contributed by atoms with Crippen molar-refractivity contribution in [3.63, 3.8) is 0 Å². The summed E-state index contributed by atoms with van der Waals surface area (Å²) in [5.41, 5.74) is 0.480. The molecule has 21 heavy (non-hydrogen) atoms. The van der Waals surface area contributed by atoms with Crippen molar-refractivity contribution in [1.29, 1.82) is 0 Å². The van der Waals surface area contributed by atoms with Crippen LogP contribution in [0, 0.1) is 0 Å². The van der Waals surface area contributed by atoms with Gasteiger partial charge in [-0.1, -0.05) is 6.07 Å². The van der Waals surface area contributed by atoms with Gasteiger partial charge in [-0.2, -0.15) is 0 Å². The Morgan fingerprint density at radius 3 is 2.71 bits per heavy atom. The number of amides is 2. The number of urea groups is 1. The van der Waals surface area contributed by atoms with Gasteiger partial charge in [-0.05, 0) is 31.5 Å². The van der Waals surface area contributed by atoms with Gasteiger partial charge in [0, 0.05) is 18.7 Å². The summed E-state index contributed by atoms with van der Waals surface area (Å²) in [6, 6.07) is 5.47. The monoisotopic (exact) mass is 294 g/mol. The van der Waals surface area contributed by atoms with Crippen molar-refractivity contribution in [3.8, 4) is 0 Å². The van der Waals surface area contributed by atoms with E-state index in [-0.39, 0.29) is 18.0 Å². The van der Waals surface area contributed by atoms with Gasteiger partial charge in [-0.3, -0.25) is 4.79 Å². The number of carboxylic acid groups (broad SMARTS) is 1. The minimum atomic E-state index is -1.06. The molecule has 0 saturated carbocycles. The molecule has 114 valence electrons. The van der Waals surface area contributed by atoms with Crippen LogP contribution in [-0.2, 0) is 9.53 Å². The molecular weight excluding hydrogens is 276 g/mol. The fourth-order valence-electron chi connectivity index (χ4n) is 1.57. The predicted molar refractivity (Wildman–Crippen MR) is 76.3 cm³/mol. The molecule has 1 aromatic rings. The number of aromatic carboxylic acids is 1. The average Bonchev–Trinajstić information content (AvgIpc) is 2.44. The van der Waals surface area contributed by atoms with E-state index in [1.807, 2.05) is 0 Å². The highest BCUT2D eigenvalue weighted by atomic mass is 16.5. The molecule has 0 aliphatic rings. The zero-order chi connectivity index (χ0) is 15.7. The van der Waals surface area contributed by atoms with Crippen LogP contribution in [0.2, 0.25) is 0 Å². The number of esters is 1. The second-order valence-corrected chi connectivity index (χ2v) is 4.18. The number of carbonyl (C=O) groups excluding carboxylic acids is 2. The number of ether oxygens (including phenoxy) is 1. The van der Waals surface area contributed by atoms with Crippen LogP contribution in [0.25, 0.3) is 0 Å². The number of anilines is 1. The first-order chi connectivity index (χ1) is 10.0. The zero-order valence-electron chi connectivity index (χ0n) is 11.7. The summed E-state index contributed by atoms with van der Waals surface area (Å²) in [6.45, 7) is 2.39. The highest BCUT2D eigenvalue weighted by Crippen LogP contribution is 2.10. The summed E-state index contributed by atoms with van der Waals surface area (Å²) in [5.74, 6) is -1.36. The summed E-state index contributed by atoms with van der Waals surface area (Å²) in [5, 5.41) is 13.9. The highest BCUT2D eigenvalue weighted by molar-refractivity contribution is 5.93. The lowest BCUT2D eigenvalue weighted by Crippen LogP contribution is -2.29. The molecule has 0 atom stereocenters. The number of hydrogen-bond acceptors (Lipinski definition) is 4. The van der Waals surface area contributed by atoms with Gasteiger partial charge in [0.05, 0.1) is 12.2 Å². The van der Waals surface area contributed by atoms with E-state index in [9.17, 15) is 14.4 Å². The largest absolute Gasteiger partial charge is 0.478 e. The summed E-state index contributed by atoms with van der Waals surface area (Å²) < 4.78 is 4.76. The van der Waals surface area contributed by atoms with Crippen LogP contribution in [0.4, 0.5) is 10.5 Å². The Morgan fingerprint density at radius 2 is 2.05 bits per heavy atom. The molecule has 0 aromatic heterocycles. The third kappa shape index (κ3) is 6.42. The van der Waals surface area contributed by atoms with E-state index >= 15 is 0 Å². The molecule has 3 N–H and O–H groups in total. The van der Waals surface area contributed by atoms with Crippen LogP contribution in [0.1, 0.15) is 30.1 Å². The van der Waals surface area contributed by atoms with Crippen LogP contribution in [0.15, 0.2) is 24.3 Å². The van der Waals surface area contributed by atoms with Crippen molar-refractivity contribution in [1.82, 2.24) is 5.32 Å². The van der Waals surface area contributed by atoms with Gasteiger partial charge in [0.15, 0.2) is 0 Å². The lowest BCUT2D eigenvalue weighted by Gasteiger charge is -2.08. The molecule has 0 aliphatic carbocycles. The molecule has 0 unspecified atom stereocenters. The second-order valence-electron chi connectivity index (χ2n) is 4.18. The molecule has 1 aromatic carbocycles. The Kier molecular flexibility index (Phi) is 6.73. The van der Waals surface area contributed by atoms with Crippen molar-refractivity contribution in [2.45, 2.75) is 19.8 Å². The Labute approximate surface area is 122 Å². The van der Waals surface area contributed by atoms with Crippen molar-refractivity contribution in [3.05, 3.63) is 29.8 Å². The maximum Gasteiger partial charge on any atom is 0.335 e. The van der Waals surface area contributed by atoms with Gasteiger partial charge < -0.3 is 20.5 Å². The predicted octanol–water partition coefficient (Wildman–Crippen LogP) is 1.85. The molecule has 7 heteroatoms. The lowest BCUT2D eigenvalue weighted by atomic mass is 10.2. The number of benzene rings is 1. The first-order valence-electron chi connectivity index (χ1n) is 6.56. The molecule has 0 radical (unpaired) electrons. The summed E-state index contributed by atoms with van der Waals surface area (Å²) in [7, 11) is 0. The van der Waals surface area contributed by atoms with Crippen LogP contribution in [0.5, 0.6) is 0 Å². The second kappa shape index (κ2) is 8.57. The quantitative estimate of drug-likeness (QED) is 0.526. The summed E-state index contributed by atoms with van der Waals surface area (Å²) >= 11 is 0. The molecule has 0 bridgehead atoms. The van der Waals surface area contributed by atoms with Crippen LogP contribution in [0.3, 0.4) is 0 Å². The fourth-order valence-corrected chi connectivity index (χ4v) is 1.57. The van der Waals surface area contributed by atoms with Gasteiger partial charge in [-0.25, -0.2) is 9.59 Å². The van der Waals surface area contributed by atoms with Gasteiger partial charge in [0.1, 0.15) is 0 Å². The molecule has 2 amide bonds. The van der Waals surface area contributed by atoms with E-state index in [0.29, 0.717) is 25.3 Å². The van der Waals surface area contributed by atoms with Crippen molar-refractivity contribution >= 4 is 23.7 Å². The van der Waals surface area contributed by atoms with E-state index in [1.165, 1.54) is 12.1 Å². The van der Waals surface area contributed by atoms with Gasteiger partial charge >= 0.3 is 18.0 Å². The zero-order valence-corrected chi connectivity index (χ0v) is 11.7. The highest BCUT2D eigenvalue weighted by Gasteiger charge is 2.06. The van der Waals surface area contributed by atoms with Gasteiger partial charge in [0.25, 0.3) is 0 Å². The van der Waals surface area contributed by atoms with Gasteiger partial charge in [-0.15, -0.1) is 0 Å². The first-order valence-corrected chi connectivity index (χ1v) is 6.56. The Bertz CT molecular complexity index is 516. The Morgan fingerprint density at radius 1 is 1.29 bits per heavy atom. The van der Waals surface area contributed by atoms with Crippen molar-refractivity contribution in [2.75, 3.05) is 18.5 Å². The van der Waals surface area contributed by atoms with Crippen LogP contribution < -0.4 is 10.6 Å². The Balaban J connectivity index is 2.32. The number of hydrogen-bond donors (Lipinski definition) is 3. The minimum absolute atomic E-state index is 0.0927. The SMILES string of the molecule is CCOC(=O)CCCNC(=O)Nc1cccc(C(=O)O)c1. The molecule has 0 heterocycles. The minimum Gasteiger partial charge on any atom is -0.478 e. The van der Waals surface area contributed by atoms with Crippen LogP contribution >= 0.6 is 0 Å². The summed E-state index contributed by atoms with van der Waals surface area (Å²) in [4.78, 5) is 33.4. The molecule has 0 aliphatic heterocycles. The average molecular weight is 294 g/mol. The van der Waals surface area contributed by atoms with Crippen molar-refractivity contribution < 1.29 is 24.2 Å². The van der Waals surface area contributed by atoms with Crippen LogP contribution in [-0.4, -0.2) is 36.2 Å². The fraction of sp³-hybridized carbons (Fsp3) is 0.357. The number of carboxylic acids is 1. The third-order valence-corrected chi connectivity index (χ3v) is 2.52. The van der Waals surface area contributed by atoms with E-state index in [0.717, 1.165) is 0 Å². The topological polar surface area (TPSA) is 105 Å². The number of rotatable bonds is 7.